The third kappa shape index (κ3) is 10.2. The summed E-state index contributed by atoms with van der Waals surface area (Å²) in [6.07, 6.45) is -0.449. The number of nitrogens with zero attached hydrogens (tertiary/aromatic N) is 2. The van der Waals surface area contributed by atoms with E-state index in [0.717, 1.165) is 0 Å². The van der Waals surface area contributed by atoms with Crippen molar-refractivity contribution < 1.29 is 9.53 Å². The molecule has 0 heterocycles. The van der Waals surface area contributed by atoms with E-state index >= 15 is 0 Å². The maximum atomic E-state index is 11.3. The summed E-state index contributed by atoms with van der Waals surface area (Å²) in [4.78, 5) is 17.0. The topological polar surface area (TPSA) is 66.0 Å². The molecule has 0 radical (unpaired) electrons. The summed E-state index contributed by atoms with van der Waals surface area (Å²) in [6, 6.07) is 0. The van der Waals surface area contributed by atoms with Crippen LogP contribution in [0.25, 0.3) is 0 Å². The summed E-state index contributed by atoms with van der Waals surface area (Å²) >= 11 is 5.83. The highest BCUT2D eigenvalue weighted by Crippen LogP contribution is 2.06. The van der Waals surface area contributed by atoms with E-state index in [4.69, 9.17) is 16.3 Å². The molecule has 19 heavy (non-hydrogen) atoms. The minimum Gasteiger partial charge on any atom is -0.444 e. The van der Waals surface area contributed by atoms with Gasteiger partial charge >= 0.3 is 6.09 Å². The second kappa shape index (κ2) is 7.89. The lowest BCUT2D eigenvalue weighted by atomic mass is 10.2. The van der Waals surface area contributed by atoms with E-state index in [9.17, 15) is 4.79 Å². The second-order valence-corrected chi connectivity index (χ2v) is 5.42. The van der Waals surface area contributed by atoms with E-state index in [-0.39, 0.29) is 0 Å². The van der Waals surface area contributed by atoms with Crippen molar-refractivity contribution >= 4 is 23.0 Å². The molecule has 0 rings (SSSR count). The molecule has 0 fully saturated rings. The predicted molar refractivity (Wildman–Crippen MR) is 78.4 cm³/mol. The summed E-state index contributed by atoms with van der Waals surface area (Å²) in [7, 11) is 3.56. The predicted octanol–water partition coefficient (Wildman–Crippen LogP) is 1.73. The first-order valence-electron chi connectivity index (χ1n) is 5.93. The van der Waals surface area contributed by atoms with E-state index in [1.807, 2.05) is 20.8 Å². The standard InChI is InChI=1S/C12H23ClN4O2/c1-9(16-10(13)17(5)6)14-7-8-15-11(18)19-12(2,3)4/h14H,1,7-8H2,2-6H3,(H,15,18). The van der Waals surface area contributed by atoms with Gasteiger partial charge in [-0.15, -0.1) is 0 Å². The van der Waals surface area contributed by atoms with Crippen molar-refractivity contribution in [3.8, 4) is 0 Å². The molecular formula is C12H23ClN4O2. The Bertz CT molecular complexity index is 348. The van der Waals surface area contributed by atoms with Gasteiger partial charge in [0, 0.05) is 27.2 Å². The SMILES string of the molecule is C=C(N=C(Cl)N(C)C)NCCNC(=O)OC(C)(C)C. The van der Waals surface area contributed by atoms with Crippen molar-refractivity contribution in [3.63, 3.8) is 0 Å². The number of halogens is 1. The fourth-order valence-corrected chi connectivity index (χ4v) is 1.04. The van der Waals surface area contributed by atoms with Crippen LogP contribution in [0.2, 0.25) is 0 Å². The Morgan fingerprint density at radius 3 is 2.32 bits per heavy atom. The van der Waals surface area contributed by atoms with Crippen molar-refractivity contribution in [2.75, 3.05) is 27.2 Å². The lowest BCUT2D eigenvalue weighted by molar-refractivity contribution is 0.0528. The Balaban J connectivity index is 3.85. The quantitative estimate of drug-likeness (QED) is 0.350. The first kappa shape index (κ1) is 17.6. The van der Waals surface area contributed by atoms with Crippen LogP contribution in [-0.4, -0.2) is 49.1 Å². The Kier molecular flexibility index (Phi) is 7.29. The zero-order valence-electron chi connectivity index (χ0n) is 12.2. The van der Waals surface area contributed by atoms with Gasteiger partial charge < -0.3 is 20.3 Å². The first-order chi connectivity index (χ1) is 8.61. The highest BCUT2D eigenvalue weighted by Gasteiger charge is 2.15. The normalized spacial score (nSPS) is 11.8. The molecule has 0 atom stereocenters. The fraction of sp³-hybridized carbons (Fsp3) is 0.667. The number of alkyl carbamates (subject to hydrolysis) is 1. The van der Waals surface area contributed by atoms with Crippen LogP contribution in [0.4, 0.5) is 4.79 Å². The Labute approximate surface area is 119 Å². The molecule has 6 nitrogen and oxygen atoms in total. The van der Waals surface area contributed by atoms with Gasteiger partial charge in [0.2, 0.25) is 0 Å². The summed E-state index contributed by atoms with van der Waals surface area (Å²) in [5, 5.41) is 5.87. The second-order valence-electron chi connectivity index (χ2n) is 5.08. The largest absolute Gasteiger partial charge is 0.444 e. The van der Waals surface area contributed by atoms with E-state index < -0.39 is 11.7 Å². The van der Waals surface area contributed by atoms with Crippen molar-refractivity contribution in [2.24, 2.45) is 4.99 Å². The maximum absolute atomic E-state index is 11.3. The number of amides is 1. The van der Waals surface area contributed by atoms with Crippen molar-refractivity contribution in [1.29, 1.82) is 0 Å². The minimum atomic E-state index is -0.495. The summed E-state index contributed by atoms with van der Waals surface area (Å²) in [6.45, 7) is 10.0. The van der Waals surface area contributed by atoms with E-state index in [1.165, 1.54) is 0 Å². The Morgan fingerprint density at radius 1 is 1.32 bits per heavy atom. The zero-order valence-corrected chi connectivity index (χ0v) is 13.0. The molecule has 0 aliphatic carbocycles. The third-order valence-corrected chi connectivity index (χ3v) is 2.14. The lowest BCUT2D eigenvalue weighted by Crippen LogP contribution is -2.36. The van der Waals surface area contributed by atoms with Crippen LogP contribution >= 0.6 is 11.6 Å². The monoisotopic (exact) mass is 290 g/mol. The van der Waals surface area contributed by atoms with Gasteiger partial charge in [-0.25, -0.2) is 9.79 Å². The molecule has 2 N–H and O–H groups in total. The molecule has 0 saturated carbocycles. The number of amidine groups is 1. The number of nitrogens with one attached hydrogen (secondary N) is 2. The van der Waals surface area contributed by atoms with E-state index in [0.29, 0.717) is 24.2 Å². The van der Waals surface area contributed by atoms with Crippen LogP contribution in [0.15, 0.2) is 17.4 Å². The molecule has 0 bridgehead atoms. The van der Waals surface area contributed by atoms with Crippen LogP contribution in [0.1, 0.15) is 20.8 Å². The van der Waals surface area contributed by atoms with Crippen LogP contribution in [0, 0.1) is 0 Å². The van der Waals surface area contributed by atoms with Crippen molar-refractivity contribution in [2.45, 2.75) is 26.4 Å². The maximum Gasteiger partial charge on any atom is 0.407 e. The highest BCUT2D eigenvalue weighted by atomic mass is 35.5. The van der Waals surface area contributed by atoms with E-state index in [2.05, 4.69) is 22.2 Å². The van der Waals surface area contributed by atoms with Gasteiger partial charge in [0.05, 0.1) is 0 Å². The van der Waals surface area contributed by atoms with Gasteiger partial charge in [0.15, 0.2) is 5.29 Å². The Morgan fingerprint density at radius 2 is 1.84 bits per heavy atom. The first-order valence-corrected chi connectivity index (χ1v) is 6.31. The van der Waals surface area contributed by atoms with Crippen LogP contribution in [0.3, 0.4) is 0 Å². The number of carbonyl (C=O) groups is 1. The van der Waals surface area contributed by atoms with Crippen LogP contribution in [0.5, 0.6) is 0 Å². The van der Waals surface area contributed by atoms with Crippen LogP contribution in [-0.2, 0) is 4.74 Å². The minimum absolute atomic E-state index is 0.331. The molecule has 0 aliphatic heterocycles. The zero-order chi connectivity index (χ0) is 15.1. The molecule has 0 spiro atoms. The average molecular weight is 291 g/mol. The summed E-state index contributed by atoms with van der Waals surface area (Å²) in [5.74, 6) is 0.435. The molecule has 0 saturated heterocycles. The third-order valence-electron chi connectivity index (χ3n) is 1.72. The number of carbonyl (C=O) groups excluding carboxylic acids is 1. The molecule has 0 aromatic rings. The number of hydrogen-bond acceptors (Lipinski definition) is 4. The molecule has 0 aromatic heterocycles. The molecule has 7 heteroatoms. The van der Waals surface area contributed by atoms with Crippen molar-refractivity contribution in [3.05, 3.63) is 12.4 Å². The number of ether oxygens (including phenoxy) is 1. The molecule has 110 valence electrons. The number of rotatable bonds is 5. The highest BCUT2D eigenvalue weighted by molar-refractivity contribution is 6.64. The van der Waals surface area contributed by atoms with Gasteiger partial charge in [0.25, 0.3) is 0 Å². The lowest BCUT2D eigenvalue weighted by Gasteiger charge is -2.19. The summed E-state index contributed by atoms with van der Waals surface area (Å²) < 4.78 is 5.09. The van der Waals surface area contributed by atoms with Gasteiger partial charge in [-0.1, -0.05) is 6.58 Å². The molecule has 0 aliphatic rings. The Hall–Kier alpha value is -1.43. The fourth-order valence-electron chi connectivity index (χ4n) is 0.936. The molecule has 1 amide bonds. The van der Waals surface area contributed by atoms with Gasteiger partial charge in [-0.2, -0.15) is 0 Å². The molecule has 0 aromatic carbocycles. The average Bonchev–Trinajstić information content (AvgIpc) is 2.21. The van der Waals surface area contributed by atoms with Gasteiger partial charge in [0.1, 0.15) is 11.4 Å². The number of aliphatic imine (C=N–C) groups is 1. The van der Waals surface area contributed by atoms with Gasteiger partial charge in [-0.05, 0) is 32.4 Å². The molecular weight excluding hydrogens is 268 g/mol. The van der Waals surface area contributed by atoms with E-state index in [1.54, 1.807) is 19.0 Å². The smallest absolute Gasteiger partial charge is 0.407 e. The van der Waals surface area contributed by atoms with Crippen molar-refractivity contribution in [1.82, 2.24) is 15.5 Å². The molecule has 0 unspecified atom stereocenters. The van der Waals surface area contributed by atoms with Crippen LogP contribution < -0.4 is 10.6 Å². The summed E-state index contributed by atoms with van der Waals surface area (Å²) in [5.41, 5.74) is -0.495. The number of hydrogen-bond donors (Lipinski definition) is 2. The van der Waals surface area contributed by atoms with Gasteiger partial charge in [-0.3, -0.25) is 0 Å².